The third kappa shape index (κ3) is 2.51. The molecule has 0 aromatic heterocycles. The average molecular weight is 207 g/mol. The van der Waals surface area contributed by atoms with E-state index >= 15 is 0 Å². The maximum absolute atomic E-state index is 6.05. The first-order valence-electron chi connectivity index (χ1n) is 5.60. The summed E-state index contributed by atoms with van der Waals surface area (Å²) >= 11 is 0. The topological polar surface area (TPSA) is 35.2 Å². The van der Waals surface area contributed by atoms with Gasteiger partial charge in [0.25, 0.3) is 0 Å². The van der Waals surface area contributed by atoms with Crippen molar-refractivity contribution in [3.63, 3.8) is 0 Å². The summed E-state index contributed by atoms with van der Waals surface area (Å²) in [4.78, 5) is 0. The van der Waals surface area contributed by atoms with Crippen LogP contribution in [0.1, 0.15) is 43.0 Å². The number of ether oxygens (including phenoxy) is 1. The molecule has 84 valence electrons. The summed E-state index contributed by atoms with van der Waals surface area (Å²) in [7, 11) is 0. The molecule has 0 saturated heterocycles. The molecule has 1 unspecified atom stereocenters. The third-order valence-corrected chi connectivity index (χ3v) is 2.92. The SMILES string of the molecule is CCOc1ccc(C(N)CC)c(C)c1C. The molecule has 0 amide bonds. The fraction of sp³-hybridized carbons (Fsp3) is 0.538. The van der Waals surface area contributed by atoms with E-state index in [1.54, 1.807) is 0 Å². The second-order valence-electron chi connectivity index (χ2n) is 3.85. The first-order valence-corrected chi connectivity index (χ1v) is 5.60. The molecule has 0 heterocycles. The molecule has 0 aliphatic carbocycles. The number of benzene rings is 1. The van der Waals surface area contributed by atoms with Gasteiger partial charge in [-0.3, -0.25) is 0 Å². The zero-order valence-electron chi connectivity index (χ0n) is 10.1. The van der Waals surface area contributed by atoms with Crippen LogP contribution in [0.15, 0.2) is 12.1 Å². The predicted molar refractivity (Wildman–Crippen MR) is 64.3 cm³/mol. The molecule has 0 saturated carbocycles. The van der Waals surface area contributed by atoms with E-state index in [1.165, 1.54) is 16.7 Å². The van der Waals surface area contributed by atoms with E-state index in [2.05, 4.69) is 26.8 Å². The van der Waals surface area contributed by atoms with Crippen LogP contribution in [0.3, 0.4) is 0 Å². The van der Waals surface area contributed by atoms with Crippen LogP contribution >= 0.6 is 0 Å². The van der Waals surface area contributed by atoms with Crippen molar-refractivity contribution in [2.24, 2.45) is 5.73 Å². The van der Waals surface area contributed by atoms with Gasteiger partial charge in [0.2, 0.25) is 0 Å². The molecule has 0 aliphatic rings. The van der Waals surface area contributed by atoms with Gasteiger partial charge in [0.15, 0.2) is 0 Å². The molecular weight excluding hydrogens is 186 g/mol. The van der Waals surface area contributed by atoms with Crippen LogP contribution in [-0.2, 0) is 0 Å². The molecule has 15 heavy (non-hydrogen) atoms. The van der Waals surface area contributed by atoms with Crippen molar-refractivity contribution in [3.8, 4) is 5.75 Å². The van der Waals surface area contributed by atoms with Gasteiger partial charge in [0.1, 0.15) is 5.75 Å². The lowest BCUT2D eigenvalue weighted by atomic mass is 9.96. The van der Waals surface area contributed by atoms with Gasteiger partial charge in [-0.05, 0) is 49.9 Å². The van der Waals surface area contributed by atoms with Gasteiger partial charge in [0.05, 0.1) is 6.61 Å². The maximum Gasteiger partial charge on any atom is 0.122 e. The monoisotopic (exact) mass is 207 g/mol. The quantitative estimate of drug-likeness (QED) is 0.823. The normalized spacial score (nSPS) is 12.6. The number of rotatable bonds is 4. The second kappa shape index (κ2) is 5.17. The van der Waals surface area contributed by atoms with Crippen molar-refractivity contribution < 1.29 is 4.74 Å². The summed E-state index contributed by atoms with van der Waals surface area (Å²) in [5, 5.41) is 0. The summed E-state index contributed by atoms with van der Waals surface area (Å²) in [5.74, 6) is 0.974. The lowest BCUT2D eigenvalue weighted by Crippen LogP contribution is -2.11. The largest absolute Gasteiger partial charge is 0.494 e. The Hall–Kier alpha value is -1.02. The Morgan fingerprint density at radius 3 is 2.40 bits per heavy atom. The zero-order valence-corrected chi connectivity index (χ0v) is 10.1. The van der Waals surface area contributed by atoms with Crippen molar-refractivity contribution in [1.29, 1.82) is 0 Å². The zero-order chi connectivity index (χ0) is 11.4. The standard InChI is InChI=1S/C13H21NO/c1-5-12(14)11-7-8-13(15-6-2)10(4)9(11)3/h7-8,12H,5-6,14H2,1-4H3. The maximum atomic E-state index is 6.05. The fourth-order valence-corrected chi connectivity index (χ4v) is 1.75. The lowest BCUT2D eigenvalue weighted by molar-refractivity contribution is 0.337. The molecule has 2 heteroatoms. The van der Waals surface area contributed by atoms with Crippen LogP contribution in [0.5, 0.6) is 5.75 Å². The minimum absolute atomic E-state index is 0.138. The van der Waals surface area contributed by atoms with Crippen LogP contribution in [0.25, 0.3) is 0 Å². The Morgan fingerprint density at radius 2 is 1.87 bits per heavy atom. The molecule has 0 bridgehead atoms. The average Bonchev–Trinajstić information content (AvgIpc) is 2.24. The third-order valence-electron chi connectivity index (χ3n) is 2.92. The molecule has 1 aromatic carbocycles. The Morgan fingerprint density at radius 1 is 1.20 bits per heavy atom. The van der Waals surface area contributed by atoms with E-state index in [0.29, 0.717) is 6.61 Å². The Kier molecular flexibility index (Phi) is 4.15. The molecule has 1 rings (SSSR count). The van der Waals surface area contributed by atoms with Gasteiger partial charge >= 0.3 is 0 Å². The molecule has 0 fully saturated rings. The van der Waals surface area contributed by atoms with Crippen molar-refractivity contribution in [1.82, 2.24) is 0 Å². The molecule has 1 aromatic rings. The first-order chi connectivity index (χ1) is 7.11. The van der Waals surface area contributed by atoms with Crippen LogP contribution in [0, 0.1) is 13.8 Å². The highest BCUT2D eigenvalue weighted by Gasteiger charge is 2.11. The number of hydrogen-bond donors (Lipinski definition) is 1. The summed E-state index contributed by atoms with van der Waals surface area (Å²) in [6.07, 6.45) is 0.967. The highest BCUT2D eigenvalue weighted by Crippen LogP contribution is 2.28. The lowest BCUT2D eigenvalue weighted by Gasteiger charge is -2.17. The van der Waals surface area contributed by atoms with Crippen molar-refractivity contribution in [3.05, 3.63) is 28.8 Å². The highest BCUT2D eigenvalue weighted by molar-refractivity contribution is 5.44. The molecule has 0 radical (unpaired) electrons. The predicted octanol–water partition coefficient (Wildman–Crippen LogP) is 3.11. The second-order valence-corrected chi connectivity index (χ2v) is 3.85. The minimum Gasteiger partial charge on any atom is -0.494 e. The van der Waals surface area contributed by atoms with E-state index in [-0.39, 0.29) is 6.04 Å². The Labute approximate surface area is 92.4 Å². The van der Waals surface area contributed by atoms with E-state index in [1.807, 2.05) is 13.0 Å². The molecule has 0 spiro atoms. The Balaban J connectivity index is 3.09. The molecule has 2 N–H and O–H groups in total. The van der Waals surface area contributed by atoms with Gasteiger partial charge in [-0.1, -0.05) is 13.0 Å². The molecule has 1 atom stereocenters. The molecular formula is C13H21NO. The summed E-state index contributed by atoms with van der Waals surface area (Å²) in [6, 6.07) is 4.25. The number of hydrogen-bond acceptors (Lipinski definition) is 2. The van der Waals surface area contributed by atoms with E-state index < -0.39 is 0 Å². The van der Waals surface area contributed by atoms with Crippen LogP contribution in [0.2, 0.25) is 0 Å². The van der Waals surface area contributed by atoms with Gasteiger partial charge in [-0.15, -0.1) is 0 Å². The van der Waals surface area contributed by atoms with E-state index in [4.69, 9.17) is 10.5 Å². The summed E-state index contributed by atoms with van der Waals surface area (Å²) < 4.78 is 5.55. The Bertz CT molecular complexity index is 334. The van der Waals surface area contributed by atoms with Crippen LogP contribution < -0.4 is 10.5 Å². The highest BCUT2D eigenvalue weighted by atomic mass is 16.5. The fourth-order valence-electron chi connectivity index (χ4n) is 1.75. The molecule has 0 aliphatic heterocycles. The van der Waals surface area contributed by atoms with Crippen molar-refractivity contribution in [2.45, 2.75) is 40.2 Å². The summed E-state index contributed by atoms with van der Waals surface area (Å²) in [5.41, 5.74) is 9.75. The minimum atomic E-state index is 0.138. The van der Waals surface area contributed by atoms with Crippen molar-refractivity contribution in [2.75, 3.05) is 6.61 Å². The van der Waals surface area contributed by atoms with Gasteiger partial charge in [0, 0.05) is 6.04 Å². The smallest absolute Gasteiger partial charge is 0.122 e. The number of nitrogens with two attached hydrogens (primary N) is 1. The van der Waals surface area contributed by atoms with Crippen LogP contribution in [-0.4, -0.2) is 6.61 Å². The first kappa shape index (κ1) is 12.1. The molecule has 2 nitrogen and oxygen atoms in total. The van der Waals surface area contributed by atoms with E-state index in [9.17, 15) is 0 Å². The van der Waals surface area contributed by atoms with Crippen molar-refractivity contribution >= 4 is 0 Å². The van der Waals surface area contributed by atoms with Gasteiger partial charge in [-0.25, -0.2) is 0 Å². The van der Waals surface area contributed by atoms with Gasteiger partial charge < -0.3 is 10.5 Å². The summed E-state index contributed by atoms with van der Waals surface area (Å²) in [6.45, 7) is 9.02. The van der Waals surface area contributed by atoms with E-state index in [0.717, 1.165) is 12.2 Å². The van der Waals surface area contributed by atoms with Gasteiger partial charge in [-0.2, -0.15) is 0 Å². The van der Waals surface area contributed by atoms with Crippen LogP contribution in [0.4, 0.5) is 0 Å².